The van der Waals surface area contributed by atoms with Crippen molar-refractivity contribution in [2.45, 2.75) is 13.5 Å². The highest BCUT2D eigenvalue weighted by Gasteiger charge is 2.15. The fourth-order valence-electron chi connectivity index (χ4n) is 1.34. The summed E-state index contributed by atoms with van der Waals surface area (Å²) in [6.45, 7) is 2.39. The molecule has 2 heterocycles. The highest BCUT2D eigenvalue weighted by atomic mass is 32.1. The number of carbonyl (C=O) groups excluding carboxylic acids is 1. The SMILES string of the molecule is Cc1cc(C(=O)N(C)Cc2ncc[nH]2)ns1. The molecular formula is C10H12N4OS. The Morgan fingerprint density at radius 1 is 1.62 bits per heavy atom. The van der Waals surface area contributed by atoms with Gasteiger partial charge in [-0.05, 0) is 24.5 Å². The van der Waals surface area contributed by atoms with Crippen LogP contribution in [0.2, 0.25) is 0 Å². The number of aryl methyl sites for hydroxylation is 1. The Hall–Kier alpha value is -1.69. The Kier molecular flexibility index (Phi) is 3.00. The Balaban J connectivity index is 2.05. The molecule has 0 saturated carbocycles. The Morgan fingerprint density at radius 3 is 3.00 bits per heavy atom. The van der Waals surface area contributed by atoms with Crippen molar-refractivity contribution in [2.75, 3.05) is 7.05 Å². The third-order valence-corrected chi connectivity index (χ3v) is 2.83. The molecule has 0 unspecified atom stereocenters. The van der Waals surface area contributed by atoms with Crippen molar-refractivity contribution in [1.29, 1.82) is 0 Å². The minimum atomic E-state index is -0.0826. The lowest BCUT2D eigenvalue weighted by molar-refractivity contribution is 0.0777. The lowest BCUT2D eigenvalue weighted by atomic mass is 10.3. The molecule has 6 heteroatoms. The minimum Gasteiger partial charge on any atom is -0.347 e. The Bertz CT molecular complexity index is 477. The normalized spacial score (nSPS) is 10.4. The largest absolute Gasteiger partial charge is 0.347 e. The van der Waals surface area contributed by atoms with Crippen LogP contribution in [0.15, 0.2) is 18.5 Å². The van der Waals surface area contributed by atoms with Gasteiger partial charge in [0.2, 0.25) is 0 Å². The fourth-order valence-corrected chi connectivity index (χ4v) is 1.88. The van der Waals surface area contributed by atoms with Gasteiger partial charge in [-0.25, -0.2) is 4.98 Å². The van der Waals surface area contributed by atoms with Crippen molar-refractivity contribution in [3.05, 3.63) is 34.9 Å². The van der Waals surface area contributed by atoms with E-state index < -0.39 is 0 Å². The quantitative estimate of drug-likeness (QED) is 0.877. The first kappa shape index (κ1) is 10.8. The Morgan fingerprint density at radius 2 is 2.44 bits per heavy atom. The van der Waals surface area contributed by atoms with Crippen molar-refractivity contribution in [2.24, 2.45) is 0 Å². The number of amides is 1. The number of hydrogen-bond acceptors (Lipinski definition) is 4. The molecule has 0 spiro atoms. The van der Waals surface area contributed by atoms with Crippen LogP contribution in [0.1, 0.15) is 21.2 Å². The number of H-pyrrole nitrogens is 1. The zero-order chi connectivity index (χ0) is 11.5. The van der Waals surface area contributed by atoms with Gasteiger partial charge in [0, 0.05) is 24.3 Å². The number of rotatable bonds is 3. The maximum absolute atomic E-state index is 11.9. The van der Waals surface area contributed by atoms with Crippen LogP contribution in [0.25, 0.3) is 0 Å². The van der Waals surface area contributed by atoms with Crippen LogP contribution in [0.5, 0.6) is 0 Å². The summed E-state index contributed by atoms with van der Waals surface area (Å²) in [7, 11) is 1.74. The molecule has 0 saturated heterocycles. The first-order chi connectivity index (χ1) is 7.66. The van der Waals surface area contributed by atoms with E-state index in [1.54, 1.807) is 30.4 Å². The highest BCUT2D eigenvalue weighted by Crippen LogP contribution is 2.10. The maximum atomic E-state index is 11.9. The number of aromatic nitrogens is 3. The molecule has 0 aliphatic rings. The van der Waals surface area contributed by atoms with E-state index in [9.17, 15) is 4.79 Å². The van der Waals surface area contributed by atoms with E-state index in [2.05, 4.69) is 14.3 Å². The molecule has 0 aromatic carbocycles. The van der Waals surface area contributed by atoms with Gasteiger partial charge in [0.15, 0.2) is 0 Å². The van der Waals surface area contributed by atoms with E-state index >= 15 is 0 Å². The number of imidazole rings is 1. The zero-order valence-corrected chi connectivity index (χ0v) is 9.91. The lowest BCUT2D eigenvalue weighted by Crippen LogP contribution is -2.26. The molecule has 0 aliphatic heterocycles. The molecule has 0 radical (unpaired) electrons. The summed E-state index contributed by atoms with van der Waals surface area (Å²) < 4.78 is 4.09. The van der Waals surface area contributed by atoms with Gasteiger partial charge in [0.1, 0.15) is 11.5 Å². The van der Waals surface area contributed by atoms with Crippen LogP contribution < -0.4 is 0 Å². The van der Waals surface area contributed by atoms with Crippen molar-refractivity contribution >= 4 is 17.4 Å². The van der Waals surface area contributed by atoms with Gasteiger partial charge >= 0.3 is 0 Å². The molecule has 0 atom stereocenters. The van der Waals surface area contributed by atoms with E-state index in [0.717, 1.165) is 10.7 Å². The summed E-state index contributed by atoms with van der Waals surface area (Å²) in [6, 6.07) is 1.80. The molecule has 0 fully saturated rings. The molecule has 2 aromatic heterocycles. The Labute approximate surface area is 97.3 Å². The monoisotopic (exact) mass is 236 g/mol. The van der Waals surface area contributed by atoms with E-state index in [1.807, 2.05) is 6.92 Å². The number of aromatic amines is 1. The van der Waals surface area contributed by atoms with Gasteiger partial charge in [-0.2, -0.15) is 4.37 Å². The van der Waals surface area contributed by atoms with Crippen LogP contribution in [0, 0.1) is 6.92 Å². The van der Waals surface area contributed by atoms with E-state index in [4.69, 9.17) is 0 Å². The maximum Gasteiger partial charge on any atom is 0.273 e. The average Bonchev–Trinajstić information content (AvgIpc) is 2.88. The predicted molar refractivity (Wildman–Crippen MR) is 61.2 cm³/mol. The van der Waals surface area contributed by atoms with Gasteiger partial charge < -0.3 is 9.88 Å². The fraction of sp³-hybridized carbons (Fsp3) is 0.300. The van der Waals surface area contributed by atoms with E-state index in [0.29, 0.717) is 12.2 Å². The van der Waals surface area contributed by atoms with Crippen molar-refractivity contribution in [1.82, 2.24) is 19.2 Å². The molecule has 84 valence electrons. The van der Waals surface area contributed by atoms with Gasteiger partial charge in [0.25, 0.3) is 5.91 Å². The minimum absolute atomic E-state index is 0.0826. The van der Waals surface area contributed by atoms with Crippen LogP contribution in [-0.2, 0) is 6.54 Å². The molecule has 0 bridgehead atoms. The van der Waals surface area contributed by atoms with Crippen molar-refractivity contribution < 1.29 is 4.79 Å². The number of nitrogens with zero attached hydrogens (tertiary/aromatic N) is 3. The third kappa shape index (κ3) is 2.27. The molecule has 5 nitrogen and oxygen atoms in total. The van der Waals surface area contributed by atoms with Crippen LogP contribution in [0.3, 0.4) is 0 Å². The van der Waals surface area contributed by atoms with Gasteiger partial charge in [-0.1, -0.05) is 0 Å². The molecule has 2 aromatic rings. The lowest BCUT2D eigenvalue weighted by Gasteiger charge is -2.13. The van der Waals surface area contributed by atoms with Crippen LogP contribution in [-0.4, -0.2) is 32.2 Å². The second kappa shape index (κ2) is 4.44. The molecule has 16 heavy (non-hydrogen) atoms. The van der Waals surface area contributed by atoms with Gasteiger partial charge in [-0.3, -0.25) is 4.79 Å². The molecule has 0 aliphatic carbocycles. The average molecular weight is 236 g/mol. The van der Waals surface area contributed by atoms with E-state index in [1.165, 1.54) is 11.5 Å². The molecule has 1 N–H and O–H groups in total. The third-order valence-electron chi connectivity index (χ3n) is 2.14. The number of nitrogens with one attached hydrogen (secondary N) is 1. The first-order valence-electron chi connectivity index (χ1n) is 4.84. The molecular weight excluding hydrogens is 224 g/mol. The summed E-state index contributed by atoms with van der Waals surface area (Å²) in [5.74, 6) is 0.684. The summed E-state index contributed by atoms with van der Waals surface area (Å²) in [5.41, 5.74) is 0.497. The predicted octanol–water partition coefficient (Wildman–Crippen LogP) is 1.45. The topological polar surface area (TPSA) is 61.9 Å². The second-order valence-corrected chi connectivity index (χ2v) is 4.53. The summed E-state index contributed by atoms with van der Waals surface area (Å²) in [4.78, 5) is 21.6. The van der Waals surface area contributed by atoms with Crippen molar-refractivity contribution in [3.63, 3.8) is 0 Å². The van der Waals surface area contributed by atoms with Crippen LogP contribution in [0.4, 0.5) is 0 Å². The smallest absolute Gasteiger partial charge is 0.273 e. The van der Waals surface area contributed by atoms with Gasteiger partial charge in [-0.15, -0.1) is 0 Å². The summed E-state index contributed by atoms with van der Waals surface area (Å²) in [6.07, 6.45) is 3.40. The molecule has 2 rings (SSSR count). The summed E-state index contributed by atoms with van der Waals surface area (Å²) >= 11 is 1.34. The first-order valence-corrected chi connectivity index (χ1v) is 5.61. The zero-order valence-electron chi connectivity index (χ0n) is 9.10. The standard InChI is InChI=1S/C10H12N4OS/c1-7-5-8(13-16-7)10(15)14(2)6-9-11-3-4-12-9/h3-5H,6H2,1-2H3,(H,11,12). The number of hydrogen-bond donors (Lipinski definition) is 1. The van der Waals surface area contributed by atoms with Crippen LogP contribution >= 0.6 is 11.5 Å². The highest BCUT2D eigenvalue weighted by molar-refractivity contribution is 7.05. The molecule has 1 amide bonds. The summed E-state index contributed by atoms with van der Waals surface area (Å²) in [5, 5.41) is 0. The van der Waals surface area contributed by atoms with E-state index in [-0.39, 0.29) is 5.91 Å². The van der Waals surface area contributed by atoms with Crippen molar-refractivity contribution in [3.8, 4) is 0 Å². The number of carbonyl (C=O) groups is 1. The second-order valence-electron chi connectivity index (χ2n) is 3.52. The van der Waals surface area contributed by atoms with Gasteiger partial charge in [0.05, 0.1) is 6.54 Å².